The molecule has 1 aliphatic rings. The zero-order valence-electron chi connectivity index (χ0n) is 10.8. The van der Waals surface area contributed by atoms with Gasteiger partial charge in [0.1, 0.15) is 0 Å². The van der Waals surface area contributed by atoms with Crippen LogP contribution in [0.5, 0.6) is 0 Å². The molecule has 2 rings (SSSR count). The van der Waals surface area contributed by atoms with Gasteiger partial charge in [-0.1, -0.05) is 19.3 Å². The molecule has 0 atom stereocenters. The van der Waals surface area contributed by atoms with Crippen molar-refractivity contribution in [1.29, 1.82) is 0 Å². The summed E-state index contributed by atoms with van der Waals surface area (Å²) in [6.07, 6.45) is 4.83. The Labute approximate surface area is 118 Å². The van der Waals surface area contributed by atoms with Crippen molar-refractivity contribution < 1.29 is 4.79 Å². The standard InChI is InChI=1S/C12H19N3OS.ClH/c1-8-9(2)17-11(14-8)15-10(16)12(13)6-4-3-5-7-12;/h3-7,13H2,1-2H3,(H,14,15,16);1H. The van der Waals surface area contributed by atoms with Crippen molar-refractivity contribution in [2.45, 2.75) is 51.5 Å². The molecule has 6 heteroatoms. The largest absolute Gasteiger partial charge is 0.317 e. The zero-order valence-corrected chi connectivity index (χ0v) is 12.4. The molecule has 102 valence electrons. The van der Waals surface area contributed by atoms with E-state index in [1.165, 1.54) is 17.8 Å². The van der Waals surface area contributed by atoms with E-state index in [2.05, 4.69) is 10.3 Å². The van der Waals surface area contributed by atoms with Crippen LogP contribution in [-0.4, -0.2) is 16.4 Å². The van der Waals surface area contributed by atoms with Gasteiger partial charge in [-0.2, -0.15) is 0 Å². The first-order valence-electron chi connectivity index (χ1n) is 6.06. The van der Waals surface area contributed by atoms with Crippen molar-refractivity contribution in [2.24, 2.45) is 5.73 Å². The Morgan fingerprint density at radius 1 is 1.33 bits per heavy atom. The number of carbonyl (C=O) groups excluding carboxylic acids is 1. The van der Waals surface area contributed by atoms with Crippen molar-refractivity contribution in [3.05, 3.63) is 10.6 Å². The van der Waals surface area contributed by atoms with Crippen LogP contribution in [0.25, 0.3) is 0 Å². The van der Waals surface area contributed by atoms with Crippen molar-refractivity contribution in [3.63, 3.8) is 0 Å². The van der Waals surface area contributed by atoms with E-state index >= 15 is 0 Å². The number of hydrogen-bond acceptors (Lipinski definition) is 4. The van der Waals surface area contributed by atoms with Crippen LogP contribution in [0.15, 0.2) is 0 Å². The molecule has 0 saturated heterocycles. The summed E-state index contributed by atoms with van der Waals surface area (Å²) >= 11 is 1.51. The average Bonchev–Trinajstić information content (AvgIpc) is 2.59. The number of anilines is 1. The summed E-state index contributed by atoms with van der Waals surface area (Å²) in [5, 5.41) is 3.52. The van der Waals surface area contributed by atoms with E-state index in [1.807, 2.05) is 13.8 Å². The van der Waals surface area contributed by atoms with Gasteiger partial charge in [0, 0.05) is 4.88 Å². The Balaban J connectivity index is 0.00000162. The summed E-state index contributed by atoms with van der Waals surface area (Å²) in [6, 6.07) is 0. The van der Waals surface area contributed by atoms with Gasteiger partial charge in [0.2, 0.25) is 5.91 Å². The van der Waals surface area contributed by atoms with Crippen LogP contribution in [0.3, 0.4) is 0 Å². The molecule has 0 unspecified atom stereocenters. The van der Waals surface area contributed by atoms with Gasteiger partial charge >= 0.3 is 0 Å². The van der Waals surface area contributed by atoms with Crippen molar-refractivity contribution in [3.8, 4) is 0 Å². The number of carbonyl (C=O) groups is 1. The number of halogens is 1. The Morgan fingerprint density at radius 3 is 2.44 bits per heavy atom. The SMILES string of the molecule is Cc1nc(NC(=O)C2(N)CCCCC2)sc1C.Cl. The van der Waals surface area contributed by atoms with E-state index in [-0.39, 0.29) is 18.3 Å². The highest BCUT2D eigenvalue weighted by molar-refractivity contribution is 7.15. The fourth-order valence-corrected chi connectivity index (χ4v) is 2.97. The smallest absolute Gasteiger partial charge is 0.246 e. The number of aryl methyl sites for hydroxylation is 2. The molecule has 1 fully saturated rings. The number of nitrogens with zero attached hydrogens (tertiary/aromatic N) is 1. The van der Waals surface area contributed by atoms with Gasteiger partial charge in [0.05, 0.1) is 11.2 Å². The van der Waals surface area contributed by atoms with E-state index in [0.29, 0.717) is 5.13 Å². The molecule has 0 aromatic carbocycles. The Hall–Kier alpha value is -0.650. The van der Waals surface area contributed by atoms with Crippen LogP contribution in [0.4, 0.5) is 5.13 Å². The molecule has 1 aromatic heterocycles. The second-order valence-electron chi connectivity index (χ2n) is 4.83. The van der Waals surface area contributed by atoms with Gasteiger partial charge in [0.15, 0.2) is 5.13 Å². The molecular formula is C12H20ClN3OS. The summed E-state index contributed by atoms with van der Waals surface area (Å²) in [6.45, 7) is 3.95. The van der Waals surface area contributed by atoms with E-state index < -0.39 is 5.54 Å². The van der Waals surface area contributed by atoms with Crippen molar-refractivity contribution in [2.75, 3.05) is 5.32 Å². The molecule has 0 aliphatic heterocycles. The Kier molecular flexibility index (Phi) is 5.13. The molecule has 1 amide bonds. The second-order valence-corrected chi connectivity index (χ2v) is 6.03. The fourth-order valence-electron chi connectivity index (χ4n) is 2.16. The highest BCUT2D eigenvalue weighted by atomic mass is 35.5. The number of nitrogens with one attached hydrogen (secondary N) is 1. The Morgan fingerprint density at radius 2 is 1.94 bits per heavy atom. The summed E-state index contributed by atoms with van der Waals surface area (Å²) in [5.74, 6) is -0.0778. The lowest BCUT2D eigenvalue weighted by Gasteiger charge is -2.31. The zero-order chi connectivity index (χ0) is 12.5. The highest BCUT2D eigenvalue weighted by Crippen LogP contribution is 2.28. The van der Waals surface area contributed by atoms with Gasteiger partial charge in [0.25, 0.3) is 0 Å². The molecule has 3 N–H and O–H groups in total. The van der Waals surface area contributed by atoms with E-state index in [9.17, 15) is 4.79 Å². The third kappa shape index (κ3) is 3.22. The van der Waals surface area contributed by atoms with Crippen LogP contribution < -0.4 is 11.1 Å². The predicted octanol–water partition coefficient (Wildman–Crippen LogP) is 2.78. The van der Waals surface area contributed by atoms with Crippen molar-refractivity contribution >= 4 is 34.8 Å². The molecule has 0 bridgehead atoms. The average molecular weight is 290 g/mol. The molecule has 4 nitrogen and oxygen atoms in total. The maximum atomic E-state index is 12.1. The summed E-state index contributed by atoms with van der Waals surface area (Å²) in [5.41, 5.74) is 6.44. The van der Waals surface area contributed by atoms with Crippen LogP contribution in [0.1, 0.15) is 42.7 Å². The number of amides is 1. The minimum atomic E-state index is -0.689. The van der Waals surface area contributed by atoms with Gasteiger partial charge in [-0.3, -0.25) is 4.79 Å². The number of rotatable bonds is 2. The molecule has 1 aromatic rings. The van der Waals surface area contributed by atoms with Gasteiger partial charge in [-0.15, -0.1) is 23.7 Å². The molecular weight excluding hydrogens is 270 g/mol. The third-order valence-electron chi connectivity index (χ3n) is 3.45. The van der Waals surface area contributed by atoms with E-state index in [1.54, 1.807) is 0 Å². The van der Waals surface area contributed by atoms with Gasteiger partial charge in [-0.25, -0.2) is 4.98 Å². The topological polar surface area (TPSA) is 68.0 Å². The molecule has 0 radical (unpaired) electrons. The quantitative estimate of drug-likeness (QED) is 0.880. The van der Waals surface area contributed by atoms with Crippen LogP contribution in [-0.2, 0) is 4.79 Å². The lowest BCUT2D eigenvalue weighted by molar-refractivity contribution is -0.122. The number of thiazole rings is 1. The van der Waals surface area contributed by atoms with Gasteiger partial charge in [-0.05, 0) is 26.7 Å². The maximum absolute atomic E-state index is 12.1. The first-order valence-corrected chi connectivity index (χ1v) is 6.87. The Bertz CT molecular complexity index is 407. The minimum Gasteiger partial charge on any atom is -0.317 e. The monoisotopic (exact) mass is 289 g/mol. The first kappa shape index (κ1) is 15.4. The normalized spacial score (nSPS) is 17.9. The first-order chi connectivity index (χ1) is 8.01. The molecule has 18 heavy (non-hydrogen) atoms. The number of aromatic nitrogens is 1. The predicted molar refractivity (Wildman–Crippen MR) is 77.5 cm³/mol. The van der Waals surface area contributed by atoms with Gasteiger partial charge < -0.3 is 11.1 Å². The van der Waals surface area contributed by atoms with Crippen LogP contribution in [0.2, 0.25) is 0 Å². The molecule has 1 saturated carbocycles. The second kappa shape index (κ2) is 5.99. The van der Waals surface area contributed by atoms with Crippen LogP contribution >= 0.6 is 23.7 Å². The van der Waals surface area contributed by atoms with E-state index in [0.717, 1.165) is 36.3 Å². The number of hydrogen-bond donors (Lipinski definition) is 2. The van der Waals surface area contributed by atoms with Crippen molar-refractivity contribution in [1.82, 2.24) is 4.98 Å². The highest BCUT2D eigenvalue weighted by Gasteiger charge is 2.35. The third-order valence-corrected chi connectivity index (χ3v) is 4.44. The summed E-state index contributed by atoms with van der Waals surface area (Å²) < 4.78 is 0. The maximum Gasteiger partial charge on any atom is 0.246 e. The molecule has 0 spiro atoms. The van der Waals surface area contributed by atoms with Crippen LogP contribution in [0, 0.1) is 13.8 Å². The lowest BCUT2D eigenvalue weighted by atomic mass is 9.82. The lowest BCUT2D eigenvalue weighted by Crippen LogP contribution is -2.52. The summed E-state index contributed by atoms with van der Waals surface area (Å²) in [4.78, 5) is 17.6. The fraction of sp³-hybridized carbons (Fsp3) is 0.667. The number of nitrogens with two attached hydrogens (primary N) is 1. The van der Waals surface area contributed by atoms with E-state index in [4.69, 9.17) is 5.73 Å². The minimum absolute atomic E-state index is 0. The molecule has 1 aliphatic carbocycles. The molecule has 1 heterocycles. The summed E-state index contributed by atoms with van der Waals surface area (Å²) in [7, 11) is 0.